The van der Waals surface area contributed by atoms with Gasteiger partial charge in [-0.3, -0.25) is 4.79 Å². The molecular weight excluding hydrogens is 252 g/mol. The van der Waals surface area contributed by atoms with Gasteiger partial charge in [0.05, 0.1) is 12.6 Å². The van der Waals surface area contributed by atoms with Crippen LogP contribution in [0.5, 0.6) is 5.75 Å². The van der Waals surface area contributed by atoms with Crippen molar-refractivity contribution < 1.29 is 9.53 Å². The van der Waals surface area contributed by atoms with Gasteiger partial charge in [-0.25, -0.2) is 0 Å². The van der Waals surface area contributed by atoms with Crippen LogP contribution in [0.15, 0.2) is 24.3 Å². The molecule has 0 heterocycles. The quantitative estimate of drug-likeness (QED) is 0.806. The van der Waals surface area contributed by atoms with Crippen LogP contribution in [-0.4, -0.2) is 18.1 Å². The molecule has 1 aromatic rings. The molecule has 0 aliphatic heterocycles. The third kappa shape index (κ3) is 6.06. The lowest BCUT2D eigenvalue weighted by atomic mass is 9.99. The number of ether oxygens (including phenoxy) is 1. The van der Waals surface area contributed by atoms with Gasteiger partial charge >= 0.3 is 0 Å². The van der Waals surface area contributed by atoms with Crippen LogP contribution >= 0.6 is 0 Å². The molecule has 0 spiro atoms. The van der Waals surface area contributed by atoms with Crippen LogP contribution in [0.1, 0.15) is 52.1 Å². The van der Waals surface area contributed by atoms with Crippen molar-refractivity contribution in [2.75, 3.05) is 6.61 Å². The molecule has 4 nitrogen and oxygen atoms in total. The molecule has 20 heavy (non-hydrogen) atoms. The third-order valence-electron chi connectivity index (χ3n) is 3.06. The van der Waals surface area contributed by atoms with Crippen molar-refractivity contribution in [1.82, 2.24) is 5.32 Å². The summed E-state index contributed by atoms with van der Waals surface area (Å²) in [6.45, 7) is 8.43. The van der Waals surface area contributed by atoms with Crippen molar-refractivity contribution in [2.45, 2.75) is 52.1 Å². The van der Waals surface area contributed by atoms with E-state index in [9.17, 15) is 4.79 Å². The Kier molecular flexibility index (Phi) is 6.02. The number of nitrogens with one attached hydrogen (secondary N) is 1. The van der Waals surface area contributed by atoms with E-state index in [0.717, 1.165) is 11.3 Å². The molecular formula is C16H26N2O2. The summed E-state index contributed by atoms with van der Waals surface area (Å²) in [5.41, 5.74) is 6.63. The highest BCUT2D eigenvalue weighted by molar-refractivity contribution is 5.76. The largest absolute Gasteiger partial charge is 0.494 e. The second kappa shape index (κ2) is 7.29. The van der Waals surface area contributed by atoms with E-state index in [-0.39, 0.29) is 17.5 Å². The lowest BCUT2D eigenvalue weighted by molar-refractivity contribution is -0.122. The Bertz CT molecular complexity index is 421. The summed E-state index contributed by atoms with van der Waals surface area (Å²) in [6, 6.07) is 7.78. The first-order valence-electron chi connectivity index (χ1n) is 7.13. The van der Waals surface area contributed by atoms with E-state index >= 15 is 0 Å². The fourth-order valence-electron chi connectivity index (χ4n) is 1.85. The molecule has 0 aliphatic rings. The van der Waals surface area contributed by atoms with Gasteiger partial charge in [0.1, 0.15) is 5.75 Å². The molecule has 1 aromatic carbocycles. The summed E-state index contributed by atoms with van der Waals surface area (Å²) in [4.78, 5) is 11.9. The predicted molar refractivity (Wildman–Crippen MR) is 81.7 cm³/mol. The fourth-order valence-corrected chi connectivity index (χ4v) is 1.85. The highest BCUT2D eigenvalue weighted by Crippen LogP contribution is 2.18. The van der Waals surface area contributed by atoms with Crippen LogP contribution in [0.3, 0.4) is 0 Å². The molecule has 0 bridgehead atoms. The van der Waals surface area contributed by atoms with Crippen LogP contribution in [0.4, 0.5) is 0 Å². The molecule has 1 unspecified atom stereocenters. The predicted octanol–water partition coefficient (Wildman–Crippen LogP) is 2.78. The Morgan fingerprint density at radius 1 is 1.35 bits per heavy atom. The monoisotopic (exact) mass is 278 g/mol. The molecule has 3 N–H and O–H groups in total. The molecule has 0 saturated carbocycles. The maximum Gasteiger partial charge on any atom is 0.220 e. The van der Waals surface area contributed by atoms with Gasteiger partial charge in [0, 0.05) is 12.0 Å². The summed E-state index contributed by atoms with van der Waals surface area (Å²) in [5, 5.41) is 2.98. The first-order valence-corrected chi connectivity index (χ1v) is 7.13. The zero-order valence-electron chi connectivity index (χ0n) is 12.9. The number of amides is 1. The summed E-state index contributed by atoms with van der Waals surface area (Å²) in [6.07, 6.45) is 1.12. The fraction of sp³-hybridized carbons (Fsp3) is 0.562. The van der Waals surface area contributed by atoms with Crippen LogP contribution < -0.4 is 15.8 Å². The van der Waals surface area contributed by atoms with E-state index < -0.39 is 0 Å². The zero-order valence-corrected chi connectivity index (χ0v) is 12.9. The van der Waals surface area contributed by atoms with Gasteiger partial charge in [0.2, 0.25) is 5.91 Å². The molecule has 1 rings (SSSR count). The molecule has 1 atom stereocenters. The van der Waals surface area contributed by atoms with Crippen molar-refractivity contribution in [1.29, 1.82) is 0 Å². The molecule has 0 saturated heterocycles. The number of benzene rings is 1. The van der Waals surface area contributed by atoms with Gasteiger partial charge in [0.25, 0.3) is 0 Å². The Labute approximate surface area is 121 Å². The molecule has 0 radical (unpaired) electrons. The summed E-state index contributed by atoms with van der Waals surface area (Å²) in [5.74, 6) is 0.879. The van der Waals surface area contributed by atoms with Gasteiger partial charge in [-0.2, -0.15) is 0 Å². The molecule has 112 valence electrons. The van der Waals surface area contributed by atoms with Crippen molar-refractivity contribution >= 4 is 5.91 Å². The Balaban J connectivity index is 2.49. The van der Waals surface area contributed by atoms with Crippen LogP contribution in [0, 0.1) is 0 Å². The van der Waals surface area contributed by atoms with E-state index in [2.05, 4.69) is 5.32 Å². The van der Waals surface area contributed by atoms with E-state index in [4.69, 9.17) is 10.5 Å². The Hall–Kier alpha value is -1.55. The minimum Gasteiger partial charge on any atom is -0.494 e. The van der Waals surface area contributed by atoms with E-state index in [1.165, 1.54) is 0 Å². The molecule has 4 heteroatoms. The second-order valence-corrected chi connectivity index (χ2v) is 5.78. The highest BCUT2D eigenvalue weighted by atomic mass is 16.5. The van der Waals surface area contributed by atoms with Crippen LogP contribution in [-0.2, 0) is 4.79 Å². The van der Waals surface area contributed by atoms with Gasteiger partial charge in [-0.15, -0.1) is 0 Å². The number of carbonyl (C=O) groups is 1. The Morgan fingerprint density at radius 2 is 1.95 bits per heavy atom. The van der Waals surface area contributed by atoms with E-state index in [0.29, 0.717) is 19.4 Å². The van der Waals surface area contributed by atoms with E-state index in [1.807, 2.05) is 52.0 Å². The topological polar surface area (TPSA) is 64.3 Å². The number of rotatable bonds is 7. The minimum atomic E-state index is -0.306. The number of nitrogens with two attached hydrogens (primary N) is 1. The lowest BCUT2D eigenvalue weighted by Gasteiger charge is -2.19. The van der Waals surface area contributed by atoms with Gasteiger partial charge in [-0.1, -0.05) is 12.1 Å². The van der Waals surface area contributed by atoms with Gasteiger partial charge < -0.3 is 15.8 Å². The summed E-state index contributed by atoms with van der Waals surface area (Å²) in [7, 11) is 0. The maximum absolute atomic E-state index is 11.9. The first-order chi connectivity index (χ1) is 9.31. The average Bonchev–Trinajstić information content (AvgIpc) is 2.37. The molecule has 1 amide bonds. The normalized spacial score (nSPS) is 12.8. The van der Waals surface area contributed by atoms with E-state index in [1.54, 1.807) is 0 Å². The number of hydrogen-bond acceptors (Lipinski definition) is 3. The van der Waals surface area contributed by atoms with Gasteiger partial charge in [-0.05, 0) is 51.8 Å². The molecule has 0 aromatic heterocycles. The summed E-state index contributed by atoms with van der Waals surface area (Å²) >= 11 is 0. The second-order valence-electron chi connectivity index (χ2n) is 5.78. The molecule has 0 fully saturated rings. The third-order valence-corrected chi connectivity index (χ3v) is 3.06. The number of carbonyl (C=O) groups excluding carboxylic acids is 1. The van der Waals surface area contributed by atoms with Crippen LogP contribution in [0.2, 0.25) is 0 Å². The zero-order chi connectivity index (χ0) is 15.2. The summed E-state index contributed by atoms with van der Waals surface area (Å²) < 4.78 is 5.40. The maximum atomic E-state index is 11.9. The first kappa shape index (κ1) is 16.5. The van der Waals surface area contributed by atoms with Crippen molar-refractivity contribution in [3.05, 3.63) is 29.8 Å². The number of hydrogen-bond donors (Lipinski definition) is 2. The lowest BCUT2D eigenvalue weighted by Crippen LogP contribution is -2.35. The highest BCUT2D eigenvalue weighted by Gasteiger charge is 2.15. The molecule has 0 aliphatic carbocycles. The van der Waals surface area contributed by atoms with Crippen molar-refractivity contribution in [3.8, 4) is 5.75 Å². The standard InChI is InChI=1S/C16H26N2O2/c1-5-20-14-8-6-13(7-9-14)12(2)18-15(19)10-11-16(3,4)17/h6-9,12H,5,10-11,17H2,1-4H3,(H,18,19). The SMILES string of the molecule is CCOc1ccc(C(C)NC(=O)CCC(C)(C)N)cc1. The smallest absolute Gasteiger partial charge is 0.220 e. The average molecular weight is 278 g/mol. The minimum absolute atomic E-state index is 0.0148. The van der Waals surface area contributed by atoms with Crippen molar-refractivity contribution in [3.63, 3.8) is 0 Å². The van der Waals surface area contributed by atoms with Crippen molar-refractivity contribution in [2.24, 2.45) is 5.73 Å². The van der Waals surface area contributed by atoms with Crippen LogP contribution in [0.25, 0.3) is 0 Å². The Morgan fingerprint density at radius 3 is 2.45 bits per heavy atom. The van der Waals surface area contributed by atoms with Gasteiger partial charge in [0.15, 0.2) is 0 Å².